The lowest BCUT2D eigenvalue weighted by Crippen LogP contribution is -2.41. The van der Waals surface area contributed by atoms with Gasteiger partial charge in [0, 0.05) is 29.8 Å². The number of anilines is 1. The predicted molar refractivity (Wildman–Crippen MR) is 90.3 cm³/mol. The van der Waals surface area contributed by atoms with Gasteiger partial charge >= 0.3 is 0 Å². The molecule has 0 spiro atoms. The van der Waals surface area contributed by atoms with Crippen LogP contribution in [0.5, 0.6) is 0 Å². The van der Waals surface area contributed by atoms with Crippen LogP contribution in [0.4, 0.5) is 5.69 Å². The minimum atomic E-state index is -0.181. The van der Waals surface area contributed by atoms with Crippen LogP contribution in [-0.2, 0) is 11.3 Å². The number of benzene rings is 1. The van der Waals surface area contributed by atoms with Crippen LogP contribution in [0, 0.1) is 5.92 Å². The Morgan fingerprint density at radius 1 is 1.52 bits per heavy atom. The largest absolute Gasteiger partial charge is 0.371 e. The molecule has 0 radical (unpaired) electrons. The summed E-state index contributed by atoms with van der Waals surface area (Å²) in [5, 5.41) is 3.41. The summed E-state index contributed by atoms with van der Waals surface area (Å²) >= 11 is 3.65. The molecule has 21 heavy (non-hydrogen) atoms. The number of carbonyl (C=O) groups excluding carboxylic acids is 1. The van der Waals surface area contributed by atoms with Gasteiger partial charge in [-0.15, -0.1) is 0 Å². The van der Waals surface area contributed by atoms with Crippen molar-refractivity contribution in [1.82, 2.24) is 5.32 Å². The van der Waals surface area contributed by atoms with Crippen molar-refractivity contribution in [3.05, 3.63) is 28.2 Å². The third-order valence-corrected chi connectivity index (χ3v) is 4.71. The van der Waals surface area contributed by atoms with Crippen LogP contribution in [0.3, 0.4) is 0 Å². The number of primary amides is 1. The van der Waals surface area contributed by atoms with Gasteiger partial charge in [0.1, 0.15) is 0 Å². The zero-order chi connectivity index (χ0) is 15.2. The molecular formula is C16H24BrN3O. The van der Waals surface area contributed by atoms with Crippen LogP contribution in [0.15, 0.2) is 22.7 Å². The van der Waals surface area contributed by atoms with Crippen molar-refractivity contribution < 1.29 is 4.79 Å². The van der Waals surface area contributed by atoms with E-state index in [-0.39, 0.29) is 11.8 Å². The van der Waals surface area contributed by atoms with E-state index < -0.39 is 0 Å². The molecule has 3 N–H and O–H groups in total. The van der Waals surface area contributed by atoms with Gasteiger partial charge < -0.3 is 16.0 Å². The first kappa shape index (κ1) is 16.3. The highest BCUT2D eigenvalue weighted by Gasteiger charge is 2.24. The van der Waals surface area contributed by atoms with Gasteiger partial charge in [-0.3, -0.25) is 4.79 Å². The molecule has 1 unspecified atom stereocenters. The number of hydrogen-bond donors (Lipinski definition) is 2. The van der Waals surface area contributed by atoms with Crippen molar-refractivity contribution in [1.29, 1.82) is 0 Å². The van der Waals surface area contributed by atoms with Crippen molar-refractivity contribution in [3.8, 4) is 0 Å². The Bertz CT molecular complexity index is 492. The molecule has 0 aromatic heterocycles. The molecule has 0 saturated carbocycles. The van der Waals surface area contributed by atoms with Gasteiger partial charge in [0.15, 0.2) is 0 Å². The average molecular weight is 354 g/mol. The van der Waals surface area contributed by atoms with Gasteiger partial charge in [-0.1, -0.05) is 28.9 Å². The molecule has 116 valence electrons. The number of hydrogen-bond acceptors (Lipinski definition) is 3. The van der Waals surface area contributed by atoms with E-state index in [2.05, 4.69) is 51.3 Å². The number of nitrogens with one attached hydrogen (secondary N) is 1. The molecule has 2 rings (SSSR count). The normalized spacial score (nSPS) is 18.8. The van der Waals surface area contributed by atoms with Gasteiger partial charge in [-0.25, -0.2) is 0 Å². The molecule has 1 fully saturated rings. The molecule has 1 saturated heterocycles. The molecule has 1 aromatic carbocycles. The summed E-state index contributed by atoms with van der Waals surface area (Å²) in [7, 11) is 0. The smallest absolute Gasteiger partial charge is 0.222 e. The fourth-order valence-corrected chi connectivity index (χ4v) is 3.23. The molecule has 1 atom stereocenters. The van der Waals surface area contributed by atoms with E-state index in [4.69, 9.17) is 5.73 Å². The summed E-state index contributed by atoms with van der Waals surface area (Å²) in [5.41, 5.74) is 7.87. The van der Waals surface area contributed by atoms with Crippen LogP contribution in [0.25, 0.3) is 0 Å². The number of carbonyl (C=O) groups is 1. The van der Waals surface area contributed by atoms with Crippen LogP contribution in [0.2, 0.25) is 0 Å². The van der Waals surface area contributed by atoms with Crippen molar-refractivity contribution >= 4 is 27.5 Å². The number of rotatable bonds is 6. The van der Waals surface area contributed by atoms with Crippen LogP contribution < -0.4 is 16.0 Å². The maximum atomic E-state index is 11.4. The van der Waals surface area contributed by atoms with Gasteiger partial charge in [0.05, 0.1) is 5.92 Å². The summed E-state index contributed by atoms with van der Waals surface area (Å²) in [6.07, 6.45) is 3.06. The minimum Gasteiger partial charge on any atom is -0.371 e. The topological polar surface area (TPSA) is 58.4 Å². The van der Waals surface area contributed by atoms with Gasteiger partial charge in [-0.2, -0.15) is 0 Å². The second-order valence-corrected chi connectivity index (χ2v) is 6.49. The molecule has 5 heteroatoms. The molecule has 1 aliphatic rings. The van der Waals surface area contributed by atoms with Crippen LogP contribution >= 0.6 is 15.9 Å². The van der Waals surface area contributed by atoms with Gasteiger partial charge in [0.2, 0.25) is 5.91 Å². The van der Waals surface area contributed by atoms with Crippen molar-refractivity contribution in [3.63, 3.8) is 0 Å². The fraction of sp³-hybridized carbons (Fsp3) is 0.562. The van der Waals surface area contributed by atoms with E-state index in [1.807, 2.05) is 0 Å². The first-order valence-corrected chi connectivity index (χ1v) is 8.44. The number of piperidine rings is 1. The first-order valence-electron chi connectivity index (χ1n) is 7.65. The SMILES string of the molecule is CCCNCc1ccc(N2CCCC(C(N)=O)C2)cc1Br. The summed E-state index contributed by atoms with van der Waals surface area (Å²) in [6.45, 7) is 5.79. The quantitative estimate of drug-likeness (QED) is 0.773. The second kappa shape index (κ2) is 7.80. The molecule has 1 heterocycles. The number of halogens is 1. The Morgan fingerprint density at radius 2 is 2.33 bits per heavy atom. The molecule has 1 aliphatic heterocycles. The number of amides is 1. The maximum absolute atomic E-state index is 11.4. The molecule has 4 nitrogen and oxygen atoms in total. The van der Waals surface area contributed by atoms with Gasteiger partial charge in [-0.05, 0) is 43.5 Å². The Hall–Kier alpha value is -1.07. The average Bonchev–Trinajstić information content (AvgIpc) is 2.49. The maximum Gasteiger partial charge on any atom is 0.222 e. The van der Waals surface area contributed by atoms with E-state index in [0.717, 1.165) is 55.6 Å². The first-order chi connectivity index (χ1) is 10.1. The third kappa shape index (κ3) is 4.45. The number of nitrogens with zero attached hydrogens (tertiary/aromatic N) is 1. The Kier molecular flexibility index (Phi) is 6.06. The molecule has 1 aromatic rings. The van der Waals surface area contributed by atoms with Crippen LogP contribution in [0.1, 0.15) is 31.7 Å². The van der Waals surface area contributed by atoms with E-state index >= 15 is 0 Å². The molecule has 0 aliphatic carbocycles. The standard InChI is InChI=1S/C16H24BrN3O/c1-2-7-19-10-12-5-6-14(9-15(12)17)20-8-3-4-13(11-20)16(18)21/h5-6,9,13,19H,2-4,7-8,10-11H2,1H3,(H2,18,21). The van der Waals surface area contributed by atoms with E-state index in [9.17, 15) is 4.79 Å². The molecular weight excluding hydrogens is 330 g/mol. The minimum absolute atomic E-state index is 0.0246. The molecule has 0 bridgehead atoms. The zero-order valence-corrected chi connectivity index (χ0v) is 14.2. The Morgan fingerprint density at radius 3 is 3.00 bits per heavy atom. The second-order valence-electron chi connectivity index (χ2n) is 5.64. The van der Waals surface area contributed by atoms with Crippen molar-refractivity contribution in [2.24, 2.45) is 11.7 Å². The third-order valence-electron chi connectivity index (χ3n) is 3.97. The predicted octanol–water partition coefficient (Wildman–Crippen LogP) is 2.65. The van der Waals surface area contributed by atoms with Gasteiger partial charge in [0.25, 0.3) is 0 Å². The lowest BCUT2D eigenvalue weighted by molar-refractivity contribution is -0.122. The summed E-state index contributed by atoms with van der Waals surface area (Å²) in [6, 6.07) is 6.43. The summed E-state index contributed by atoms with van der Waals surface area (Å²) < 4.78 is 1.12. The van der Waals surface area contributed by atoms with E-state index in [1.165, 1.54) is 5.56 Å². The van der Waals surface area contributed by atoms with Crippen molar-refractivity contribution in [2.75, 3.05) is 24.5 Å². The van der Waals surface area contributed by atoms with E-state index in [0.29, 0.717) is 0 Å². The lowest BCUT2D eigenvalue weighted by atomic mass is 9.97. The van der Waals surface area contributed by atoms with E-state index in [1.54, 1.807) is 0 Å². The highest BCUT2D eigenvalue weighted by atomic mass is 79.9. The number of nitrogens with two attached hydrogens (primary N) is 1. The zero-order valence-electron chi connectivity index (χ0n) is 12.6. The lowest BCUT2D eigenvalue weighted by Gasteiger charge is -2.33. The van der Waals surface area contributed by atoms with Crippen molar-refractivity contribution in [2.45, 2.75) is 32.7 Å². The fourth-order valence-electron chi connectivity index (χ4n) is 2.72. The Balaban J connectivity index is 2.03. The Labute approximate surface area is 135 Å². The molecule has 1 amide bonds. The van der Waals surface area contributed by atoms with Crippen LogP contribution in [-0.4, -0.2) is 25.5 Å². The summed E-state index contributed by atoms with van der Waals surface area (Å²) in [5.74, 6) is -0.206. The summed E-state index contributed by atoms with van der Waals surface area (Å²) in [4.78, 5) is 13.6. The monoisotopic (exact) mass is 353 g/mol. The highest BCUT2D eigenvalue weighted by molar-refractivity contribution is 9.10. The highest BCUT2D eigenvalue weighted by Crippen LogP contribution is 2.27.